The Balaban J connectivity index is 2.32. The Morgan fingerprint density at radius 1 is 1.35 bits per heavy atom. The molecule has 0 aliphatic heterocycles. The van der Waals surface area contributed by atoms with Gasteiger partial charge in [0.15, 0.2) is 0 Å². The zero-order valence-corrected chi connectivity index (χ0v) is 14.6. The molecule has 0 saturated carbocycles. The molecule has 0 aliphatic rings. The van der Waals surface area contributed by atoms with Gasteiger partial charge in [0, 0.05) is 32.0 Å². The van der Waals surface area contributed by atoms with E-state index in [1.165, 1.54) is 35.4 Å². The molecule has 1 heterocycles. The van der Waals surface area contributed by atoms with Crippen LogP contribution in [-0.4, -0.2) is 54.0 Å². The van der Waals surface area contributed by atoms with E-state index in [9.17, 15) is 9.18 Å². The van der Waals surface area contributed by atoms with Crippen LogP contribution in [0.15, 0.2) is 36.5 Å². The summed E-state index contributed by atoms with van der Waals surface area (Å²) in [5.41, 5.74) is 0.427. The smallest absolute Gasteiger partial charge is 0.327 e. The first-order valence-electron chi connectivity index (χ1n) is 8.08. The highest BCUT2D eigenvalue weighted by atomic mass is 19.1. The Hall–Kier alpha value is -2.78. The molecule has 3 N–H and O–H groups in total. The average molecular weight is 363 g/mol. The topological polar surface area (TPSA) is 99.6 Å². The Labute approximate surface area is 151 Å². The third-order valence-corrected chi connectivity index (χ3v) is 3.34. The number of anilines is 3. The fourth-order valence-corrected chi connectivity index (χ4v) is 2.24. The van der Waals surface area contributed by atoms with Crippen molar-refractivity contribution in [1.82, 2.24) is 15.3 Å². The van der Waals surface area contributed by atoms with Crippen molar-refractivity contribution in [2.45, 2.75) is 13.0 Å². The summed E-state index contributed by atoms with van der Waals surface area (Å²) in [7, 11) is 1.59. The number of nitrogens with one attached hydrogen (secondary N) is 2. The Morgan fingerprint density at radius 2 is 2.08 bits per heavy atom. The minimum Gasteiger partial charge on any atom is -0.395 e. The fraction of sp³-hybridized carbons (Fsp3) is 0.353. The van der Waals surface area contributed by atoms with Crippen molar-refractivity contribution in [1.29, 1.82) is 0 Å². The number of hydrogen-bond acceptors (Lipinski definition) is 6. The minimum absolute atomic E-state index is 0.0299. The molecule has 0 radical (unpaired) electrons. The molecule has 26 heavy (non-hydrogen) atoms. The second-order valence-corrected chi connectivity index (χ2v) is 5.51. The van der Waals surface area contributed by atoms with Crippen molar-refractivity contribution in [3.05, 3.63) is 42.3 Å². The number of ether oxygens (including phenoxy) is 1. The SMILES string of the molecule is COCC(C)Nc1nccc(N(C(=O)NCCO)c2ccc(F)cc2)n1. The molecule has 0 aliphatic carbocycles. The number of halogens is 1. The lowest BCUT2D eigenvalue weighted by Crippen LogP contribution is -2.38. The van der Waals surface area contributed by atoms with Crippen LogP contribution in [0.4, 0.5) is 26.6 Å². The fourth-order valence-electron chi connectivity index (χ4n) is 2.24. The van der Waals surface area contributed by atoms with Gasteiger partial charge >= 0.3 is 6.03 Å². The summed E-state index contributed by atoms with van der Waals surface area (Å²) in [6.45, 7) is 2.25. The van der Waals surface area contributed by atoms with E-state index < -0.39 is 11.8 Å². The predicted molar refractivity (Wildman–Crippen MR) is 96.0 cm³/mol. The number of methoxy groups -OCH3 is 1. The number of aromatic nitrogens is 2. The van der Waals surface area contributed by atoms with Gasteiger partial charge in [-0.15, -0.1) is 0 Å². The zero-order valence-electron chi connectivity index (χ0n) is 14.6. The molecule has 1 unspecified atom stereocenters. The summed E-state index contributed by atoms with van der Waals surface area (Å²) in [5.74, 6) is 0.214. The van der Waals surface area contributed by atoms with Crippen LogP contribution in [0.1, 0.15) is 6.92 Å². The molecule has 2 rings (SSSR count). The number of urea groups is 1. The van der Waals surface area contributed by atoms with Crippen molar-refractivity contribution in [3.8, 4) is 0 Å². The third kappa shape index (κ3) is 5.36. The molecular weight excluding hydrogens is 341 g/mol. The second-order valence-electron chi connectivity index (χ2n) is 5.51. The van der Waals surface area contributed by atoms with E-state index in [1.807, 2.05) is 6.92 Å². The average Bonchev–Trinajstić information content (AvgIpc) is 2.62. The first kappa shape index (κ1) is 19.5. The summed E-state index contributed by atoms with van der Waals surface area (Å²) in [6, 6.07) is 6.48. The number of nitrogens with zero attached hydrogens (tertiary/aromatic N) is 3. The molecule has 1 aromatic carbocycles. The minimum atomic E-state index is -0.500. The summed E-state index contributed by atoms with van der Waals surface area (Å²) >= 11 is 0. The third-order valence-electron chi connectivity index (χ3n) is 3.34. The van der Waals surface area contributed by atoms with Gasteiger partial charge in [0.1, 0.15) is 11.6 Å². The molecule has 1 aromatic heterocycles. The molecule has 2 aromatic rings. The van der Waals surface area contributed by atoms with Crippen LogP contribution in [0.3, 0.4) is 0 Å². The second kappa shape index (κ2) is 9.64. The van der Waals surface area contributed by atoms with Crippen LogP contribution in [-0.2, 0) is 4.74 Å². The lowest BCUT2D eigenvalue weighted by Gasteiger charge is -2.23. The summed E-state index contributed by atoms with van der Waals surface area (Å²) in [5, 5.41) is 14.6. The molecule has 0 fully saturated rings. The van der Waals surface area contributed by atoms with Crippen LogP contribution >= 0.6 is 0 Å². The van der Waals surface area contributed by atoms with Gasteiger partial charge in [-0.25, -0.2) is 19.1 Å². The van der Waals surface area contributed by atoms with Crippen molar-refractivity contribution in [3.63, 3.8) is 0 Å². The Morgan fingerprint density at radius 3 is 2.73 bits per heavy atom. The number of rotatable bonds is 8. The molecule has 140 valence electrons. The van der Waals surface area contributed by atoms with E-state index >= 15 is 0 Å². The standard InChI is InChI=1S/C17H22FN5O3/c1-12(11-26-2)21-16-19-8-7-15(22-16)23(17(25)20-9-10-24)14-5-3-13(18)4-6-14/h3-8,12,24H,9-11H2,1-2H3,(H,20,25)(H,19,21,22). The normalized spacial score (nSPS) is 11.7. The summed E-state index contributed by atoms with van der Waals surface area (Å²) < 4.78 is 18.3. The van der Waals surface area contributed by atoms with Gasteiger partial charge in [-0.05, 0) is 31.2 Å². The van der Waals surface area contributed by atoms with Crippen LogP contribution in [0.25, 0.3) is 0 Å². The molecule has 0 saturated heterocycles. The maximum absolute atomic E-state index is 13.2. The van der Waals surface area contributed by atoms with Gasteiger partial charge in [-0.3, -0.25) is 0 Å². The first-order chi connectivity index (χ1) is 12.5. The Bertz CT molecular complexity index is 714. The van der Waals surface area contributed by atoms with Crippen molar-refractivity contribution in [2.75, 3.05) is 37.1 Å². The van der Waals surface area contributed by atoms with E-state index in [4.69, 9.17) is 9.84 Å². The highest BCUT2D eigenvalue weighted by Gasteiger charge is 2.20. The first-order valence-corrected chi connectivity index (χ1v) is 8.08. The molecule has 8 nitrogen and oxygen atoms in total. The van der Waals surface area contributed by atoms with Gasteiger partial charge in [-0.2, -0.15) is 4.98 Å². The zero-order chi connectivity index (χ0) is 18.9. The van der Waals surface area contributed by atoms with E-state index in [-0.39, 0.29) is 19.2 Å². The monoisotopic (exact) mass is 363 g/mol. The maximum Gasteiger partial charge on any atom is 0.327 e. The van der Waals surface area contributed by atoms with Crippen LogP contribution in [0.5, 0.6) is 0 Å². The summed E-state index contributed by atoms with van der Waals surface area (Å²) in [6.07, 6.45) is 1.51. The number of aliphatic hydroxyl groups is 1. The maximum atomic E-state index is 13.2. The lowest BCUT2D eigenvalue weighted by atomic mass is 10.3. The quantitative estimate of drug-likeness (QED) is 0.662. The van der Waals surface area contributed by atoms with Crippen LogP contribution < -0.4 is 15.5 Å². The molecule has 1 atom stereocenters. The highest BCUT2D eigenvalue weighted by Crippen LogP contribution is 2.24. The van der Waals surface area contributed by atoms with Gasteiger partial charge in [-0.1, -0.05) is 0 Å². The lowest BCUT2D eigenvalue weighted by molar-refractivity contribution is 0.190. The molecule has 2 amide bonds. The number of benzene rings is 1. The molecular formula is C17H22FN5O3. The number of carbonyl (C=O) groups excluding carboxylic acids is 1. The van der Waals surface area contributed by atoms with Crippen LogP contribution in [0.2, 0.25) is 0 Å². The van der Waals surface area contributed by atoms with E-state index in [2.05, 4.69) is 20.6 Å². The van der Waals surface area contributed by atoms with Gasteiger partial charge in [0.25, 0.3) is 0 Å². The van der Waals surface area contributed by atoms with E-state index in [0.717, 1.165) is 0 Å². The predicted octanol–water partition coefficient (Wildman–Crippen LogP) is 1.90. The molecule has 0 spiro atoms. The van der Waals surface area contributed by atoms with Gasteiger partial charge < -0.3 is 20.5 Å². The van der Waals surface area contributed by atoms with Gasteiger partial charge in [0.05, 0.1) is 18.9 Å². The van der Waals surface area contributed by atoms with E-state index in [1.54, 1.807) is 13.2 Å². The largest absolute Gasteiger partial charge is 0.395 e. The van der Waals surface area contributed by atoms with Crippen molar-refractivity contribution < 1.29 is 19.0 Å². The van der Waals surface area contributed by atoms with Gasteiger partial charge in [0.2, 0.25) is 5.95 Å². The number of amides is 2. The van der Waals surface area contributed by atoms with Crippen molar-refractivity contribution >= 4 is 23.5 Å². The summed E-state index contributed by atoms with van der Waals surface area (Å²) in [4.78, 5) is 22.3. The van der Waals surface area contributed by atoms with Crippen LogP contribution in [0, 0.1) is 5.82 Å². The number of aliphatic hydroxyl groups excluding tert-OH is 1. The highest BCUT2D eigenvalue weighted by molar-refractivity contribution is 5.98. The molecule has 0 bridgehead atoms. The van der Waals surface area contributed by atoms with E-state index in [0.29, 0.717) is 24.1 Å². The number of hydrogen-bond donors (Lipinski definition) is 3. The van der Waals surface area contributed by atoms with Crippen molar-refractivity contribution in [2.24, 2.45) is 0 Å². The number of carbonyl (C=O) groups is 1. The molecule has 9 heteroatoms. The Kier molecular flexibility index (Phi) is 7.24.